The second-order valence-corrected chi connectivity index (χ2v) is 7.41. The highest BCUT2D eigenvalue weighted by Crippen LogP contribution is 2.37. The molecule has 1 saturated carbocycles. The van der Waals surface area contributed by atoms with Crippen molar-refractivity contribution in [1.29, 1.82) is 0 Å². The van der Waals surface area contributed by atoms with Gasteiger partial charge in [-0.15, -0.1) is 6.58 Å². The molecule has 0 aliphatic heterocycles. The molecule has 2 aromatic rings. The van der Waals surface area contributed by atoms with Gasteiger partial charge in [0.25, 0.3) is 0 Å². The Morgan fingerprint density at radius 3 is 2.07 bits per heavy atom. The summed E-state index contributed by atoms with van der Waals surface area (Å²) in [4.78, 5) is 0. The molecular weight excluding hydrogens is 328 g/mol. The number of benzene rings is 2. The normalized spacial score (nSPS) is 19.0. The van der Waals surface area contributed by atoms with E-state index in [2.05, 4.69) is 48.8 Å². The molecular formula is C26H30O. The Balaban J connectivity index is 1.56. The van der Waals surface area contributed by atoms with Gasteiger partial charge in [-0.1, -0.05) is 30.0 Å². The minimum atomic E-state index is 0.688. The first-order chi connectivity index (χ1) is 13.3. The van der Waals surface area contributed by atoms with Crippen molar-refractivity contribution in [2.45, 2.75) is 51.4 Å². The average Bonchev–Trinajstić information content (AvgIpc) is 2.73. The minimum Gasteiger partial charge on any atom is -0.494 e. The highest BCUT2D eigenvalue weighted by molar-refractivity contribution is 5.45. The molecule has 2 aromatic carbocycles. The molecule has 27 heavy (non-hydrogen) atoms. The topological polar surface area (TPSA) is 9.23 Å². The maximum Gasteiger partial charge on any atom is 0.119 e. The van der Waals surface area contributed by atoms with Crippen molar-refractivity contribution in [1.82, 2.24) is 0 Å². The Kier molecular flexibility index (Phi) is 7.17. The van der Waals surface area contributed by atoms with Crippen molar-refractivity contribution in [2.75, 3.05) is 6.61 Å². The van der Waals surface area contributed by atoms with Crippen LogP contribution in [0.1, 0.15) is 68.1 Å². The molecule has 1 aliphatic carbocycles. The van der Waals surface area contributed by atoms with Gasteiger partial charge in [0.1, 0.15) is 5.75 Å². The van der Waals surface area contributed by atoms with E-state index >= 15 is 0 Å². The van der Waals surface area contributed by atoms with E-state index in [9.17, 15) is 0 Å². The fourth-order valence-corrected chi connectivity index (χ4v) is 3.92. The van der Waals surface area contributed by atoms with Gasteiger partial charge in [0, 0.05) is 11.1 Å². The van der Waals surface area contributed by atoms with Gasteiger partial charge >= 0.3 is 0 Å². The summed E-state index contributed by atoms with van der Waals surface area (Å²) >= 11 is 0. The van der Waals surface area contributed by atoms with Gasteiger partial charge in [0.15, 0.2) is 0 Å². The van der Waals surface area contributed by atoms with Gasteiger partial charge in [-0.05, 0) is 99.2 Å². The number of ether oxygens (including phenoxy) is 1. The fourth-order valence-electron chi connectivity index (χ4n) is 3.92. The number of hydrogen-bond acceptors (Lipinski definition) is 1. The maximum absolute atomic E-state index is 5.47. The molecule has 0 spiro atoms. The smallest absolute Gasteiger partial charge is 0.119 e. The Labute approximate surface area is 164 Å². The molecule has 0 bridgehead atoms. The van der Waals surface area contributed by atoms with E-state index in [1.807, 2.05) is 31.2 Å². The molecule has 0 saturated heterocycles. The van der Waals surface area contributed by atoms with Gasteiger partial charge in [-0.3, -0.25) is 0 Å². The lowest BCUT2D eigenvalue weighted by Crippen LogP contribution is -2.13. The van der Waals surface area contributed by atoms with Crippen LogP contribution in [-0.4, -0.2) is 6.61 Å². The van der Waals surface area contributed by atoms with Crippen LogP contribution in [0.5, 0.6) is 5.75 Å². The molecule has 3 rings (SSSR count). The average molecular weight is 359 g/mol. The summed E-state index contributed by atoms with van der Waals surface area (Å²) in [6.07, 6.45) is 9.89. The molecule has 0 amide bonds. The molecule has 0 aromatic heterocycles. The Hall–Kier alpha value is -2.46. The Morgan fingerprint density at radius 1 is 0.926 bits per heavy atom. The largest absolute Gasteiger partial charge is 0.494 e. The van der Waals surface area contributed by atoms with E-state index in [-0.39, 0.29) is 0 Å². The molecule has 1 nitrogen and oxygen atoms in total. The van der Waals surface area contributed by atoms with Gasteiger partial charge in [0.05, 0.1) is 6.61 Å². The van der Waals surface area contributed by atoms with Gasteiger partial charge in [-0.2, -0.15) is 0 Å². The summed E-state index contributed by atoms with van der Waals surface area (Å²) in [5.41, 5.74) is 3.57. The van der Waals surface area contributed by atoms with E-state index in [0.717, 1.165) is 35.1 Å². The summed E-state index contributed by atoms with van der Waals surface area (Å²) in [7, 11) is 0. The predicted molar refractivity (Wildman–Crippen MR) is 114 cm³/mol. The lowest BCUT2D eigenvalue weighted by atomic mass is 9.77. The Morgan fingerprint density at radius 2 is 1.52 bits per heavy atom. The summed E-state index contributed by atoms with van der Waals surface area (Å²) in [5, 5.41) is 0. The van der Waals surface area contributed by atoms with Crippen molar-refractivity contribution in [3.05, 3.63) is 77.9 Å². The van der Waals surface area contributed by atoms with Gasteiger partial charge in [-0.25, -0.2) is 0 Å². The number of hydrogen-bond donors (Lipinski definition) is 0. The summed E-state index contributed by atoms with van der Waals surface area (Å²) in [6, 6.07) is 16.9. The molecule has 1 heteroatoms. The minimum absolute atomic E-state index is 0.688. The van der Waals surface area contributed by atoms with Crippen LogP contribution < -0.4 is 4.74 Å². The quantitative estimate of drug-likeness (QED) is 0.411. The molecule has 140 valence electrons. The third-order valence-electron chi connectivity index (χ3n) is 5.52. The van der Waals surface area contributed by atoms with Crippen LogP contribution in [0.25, 0.3) is 0 Å². The summed E-state index contributed by atoms with van der Waals surface area (Å²) in [6.45, 7) is 6.53. The third kappa shape index (κ3) is 5.76. The van der Waals surface area contributed by atoms with Crippen LogP contribution in [0.4, 0.5) is 0 Å². The monoisotopic (exact) mass is 358 g/mol. The zero-order chi connectivity index (χ0) is 18.9. The van der Waals surface area contributed by atoms with Crippen LogP contribution in [0.3, 0.4) is 0 Å². The van der Waals surface area contributed by atoms with Crippen molar-refractivity contribution < 1.29 is 4.74 Å². The lowest BCUT2D eigenvalue weighted by Gasteiger charge is -2.28. The zero-order valence-corrected chi connectivity index (χ0v) is 16.4. The summed E-state index contributed by atoms with van der Waals surface area (Å²) in [5.74, 6) is 9.03. The highest BCUT2D eigenvalue weighted by Gasteiger charge is 2.21. The Bertz CT molecular complexity index is 766. The van der Waals surface area contributed by atoms with Crippen LogP contribution >= 0.6 is 0 Å². The molecule has 0 heterocycles. The maximum atomic E-state index is 5.47. The van der Waals surface area contributed by atoms with E-state index < -0.39 is 0 Å². The van der Waals surface area contributed by atoms with E-state index in [1.165, 1.54) is 37.7 Å². The summed E-state index contributed by atoms with van der Waals surface area (Å²) < 4.78 is 5.47. The molecule has 0 radical (unpaired) electrons. The molecule has 0 atom stereocenters. The van der Waals surface area contributed by atoms with E-state index in [4.69, 9.17) is 4.74 Å². The van der Waals surface area contributed by atoms with Crippen LogP contribution in [0, 0.1) is 17.8 Å². The molecule has 0 unspecified atom stereocenters. The predicted octanol–water partition coefficient (Wildman–Crippen LogP) is 6.73. The third-order valence-corrected chi connectivity index (χ3v) is 5.52. The molecule has 1 aliphatic rings. The van der Waals surface area contributed by atoms with Gasteiger partial charge < -0.3 is 4.74 Å². The van der Waals surface area contributed by atoms with Crippen molar-refractivity contribution in [3.63, 3.8) is 0 Å². The second kappa shape index (κ2) is 10.0. The molecule has 0 N–H and O–H groups in total. The van der Waals surface area contributed by atoms with Crippen LogP contribution in [-0.2, 0) is 0 Å². The first-order valence-corrected chi connectivity index (χ1v) is 10.2. The van der Waals surface area contributed by atoms with Crippen molar-refractivity contribution in [3.8, 4) is 17.6 Å². The van der Waals surface area contributed by atoms with E-state index in [0.29, 0.717) is 6.61 Å². The van der Waals surface area contributed by atoms with E-state index in [1.54, 1.807) is 0 Å². The number of rotatable bonds is 6. The first-order valence-electron chi connectivity index (χ1n) is 10.2. The standard InChI is InChI=1S/C26H30O/c1-3-5-6-21-9-15-24(16-10-21)25-17-11-22(12-18-25)7-8-23-13-19-26(20-14-23)27-4-2/h3,11-14,17-21,24H,1,4-6,9-10,15-16H2,2H3/t21-,24-. The number of allylic oxidation sites excluding steroid dienone is 1. The first kappa shape index (κ1) is 19.3. The lowest BCUT2D eigenvalue weighted by molar-refractivity contribution is 0.312. The SMILES string of the molecule is C=CCC[C@H]1CC[C@H](c2ccc(C#Cc3ccc(OCC)cc3)cc2)CC1. The fraction of sp³-hybridized carbons (Fsp3) is 0.385. The van der Waals surface area contributed by atoms with Crippen molar-refractivity contribution >= 4 is 0 Å². The van der Waals surface area contributed by atoms with Crippen LogP contribution in [0.15, 0.2) is 61.2 Å². The van der Waals surface area contributed by atoms with Crippen LogP contribution in [0.2, 0.25) is 0 Å². The zero-order valence-electron chi connectivity index (χ0n) is 16.4. The highest BCUT2D eigenvalue weighted by atomic mass is 16.5. The van der Waals surface area contributed by atoms with Crippen molar-refractivity contribution in [2.24, 2.45) is 5.92 Å². The molecule has 1 fully saturated rings. The van der Waals surface area contributed by atoms with Gasteiger partial charge in [0.2, 0.25) is 0 Å². The second-order valence-electron chi connectivity index (χ2n) is 7.41.